The zero-order valence-corrected chi connectivity index (χ0v) is 31.5. The first-order valence-electron chi connectivity index (χ1n) is 17.6. The second-order valence-corrected chi connectivity index (χ2v) is 15.0. The van der Waals surface area contributed by atoms with Crippen molar-refractivity contribution in [2.45, 2.75) is 131 Å². The van der Waals surface area contributed by atoms with Crippen LogP contribution in [0.3, 0.4) is 0 Å². The van der Waals surface area contributed by atoms with Crippen LogP contribution in [0.2, 0.25) is 0 Å². The molecule has 290 valence electrons. The number of aryl methyl sites for hydroxylation is 1. The van der Waals surface area contributed by atoms with Crippen molar-refractivity contribution >= 4 is 47.8 Å². The summed E-state index contributed by atoms with van der Waals surface area (Å²) in [5.74, 6) is -6.29. The van der Waals surface area contributed by atoms with Gasteiger partial charge in [0.25, 0.3) is 0 Å². The van der Waals surface area contributed by atoms with Gasteiger partial charge in [0, 0.05) is 12.8 Å². The van der Waals surface area contributed by atoms with Gasteiger partial charge in [0.1, 0.15) is 30.5 Å². The average molecular weight is 732 g/mol. The molecule has 0 fully saturated rings. The van der Waals surface area contributed by atoms with Crippen molar-refractivity contribution < 1.29 is 48.6 Å². The van der Waals surface area contributed by atoms with E-state index in [4.69, 9.17) is 5.11 Å². The first-order chi connectivity index (χ1) is 24.1. The van der Waals surface area contributed by atoms with Crippen LogP contribution in [0.25, 0.3) is 0 Å². The number of aldehydes is 1. The molecule has 0 aromatic heterocycles. The van der Waals surface area contributed by atoms with Gasteiger partial charge in [-0.15, -0.1) is 0 Å². The van der Waals surface area contributed by atoms with E-state index in [-0.39, 0.29) is 18.8 Å². The molecule has 0 spiro atoms. The second kappa shape index (κ2) is 21.5. The fraction of sp³-hybridized carbons (Fsp3) is 0.622. The molecule has 1 unspecified atom stereocenters. The third-order valence-corrected chi connectivity index (χ3v) is 8.22. The lowest BCUT2D eigenvalue weighted by atomic mass is 9.85. The van der Waals surface area contributed by atoms with E-state index >= 15 is 0 Å². The second-order valence-electron chi connectivity index (χ2n) is 15.0. The highest BCUT2D eigenvalue weighted by atomic mass is 16.4. The lowest BCUT2D eigenvalue weighted by Crippen LogP contribution is -2.62. The van der Waals surface area contributed by atoms with E-state index in [0.717, 1.165) is 5.56 Å². The maximum Gasteiger partial charge on any atom is 0.305 e. The molecule has 7 N–H and O–H groups in total. The van der Waals surface area contributed by atoms with E-state index in [9.17, 15) is 43.5 Å². The van der Waals surface area contributed by atoms with Gasteiger partial charge < -0.3 is 41.6 Å². The van der Waals surface area contributed by atoms with Crippen molar-refractivity contribution in [3.05, 3.63) is 35.4 Å². The van der Waals surface area contributed by atoms with Gasteiger partial charge in [0.05, 0.1) is 18.9 Å². The molecule has 15 nitrogen and oxygen atoms in total. The molecule has 0 saturated carbocycles. The van der Waals surface area contributed by atoms with Crippen LogP contribution in [0.15, 0.2) is 24.3 Å². The van der Waals surface area contributed by atoms with Gasteiger partial charge in [0.2, 0.25) is 29.5 Å². The summed E-state index contributed by atoms with van der Waals surface area (Å²) in [6.45, 7) is 14.6. The normalized spacial score (nSPS) is 14.3. The minimum absolute atomic E-state index is 0.0267. The SMILES string of the molecule is Cc1ccccc1C[C@H](NC(=O)[C@H](CC(=O)O)NC(=O)CCC(=O)O)C(=O)N[C@H](C(=O)N[C@@H](CC(C)C)C(=O)NC(C=O)CCC(C)C)C(C)(C)C. The molecule has 5 atom stereocenters. The van der Waals surface area contributed by atoms with E-state index in [1.165, 1.54) is 0 Å². The number of amides is 5. The Balaban J connectivity index is 3.40. The number of nitrogens with one attached hydrogen (secondary N) is 5. The fourth-order valence-electron chi connectivity index (χ4n) is 5.26. The summed E-state index contributed by atoms with van der Waals surface area (Å²) in [7, 11) is 0. The van der Waals surface area contributed by atoms with E-state index in [2.05, 4.69) is 26.6 Å². The number of carbonyl (C=O) groups is 8. The van der Waals surface area contributed by atoms with E-state index < -0.39 is 96.4 Å². The first kappa shape index (κ1) is 45.2. The summed E-state index contributed by atoms with van der Waals surface area (Å²) in [5.41, 5.74) is 0.534. The highest BCUT2D eigenvalue weighted by Gasteiger charge is 2.38. The number of carbonyl (C=O) groups excluding carboxylic acids is 6. The van der Waals surface area contributed by atoms with Gasteiger partial charge in [-0.3, -0.25) is 33.6 Å². The van der Waals surface area contributed by atoms with Gasteiger partial charge >= 0.3 is 11.9 Å². The molecule has 1 aromatic carbocycles. The first-order valence-corrected chi connectivity index (χ1v) is 17.6. The van der Waals surface area contributed by atoms with Crippen LogP contribution >= 0.6 is 0 Å². The molecule has 0 bridgehead atoms. The van der Waals surface area contributed by atoms with Crippen molar-refractivity contribution in [1.82, 2.24) is 26.6 Å². The Kier molecular flexibility index (Phi) is 18.7. The number of hydrogen-bond acceptors (Lipinski definition) is 8. The highest BCUT2D eigenvalue weighted by molar-refractivity contribution is 5.97. The number of aliphatic carboxylic acids is 2. The Morgan fingerprint density at radius 3 is 1.79 bits per heavy atom. The van der Waals surface area contributed by atoms with Crippen LogP contribution in [0, 0.1) is 24.2 Å². The highest BCUT2D eigenvalue weighted by Crippen LogP contribution is 2.21. The van der Waals surface area contributed by atoms with Crippen molar-refractivity contribution in [3.63, 3.8) is 0 Å². The minimum Gasteiger partial charge on any atom is -0.481 e. The number of benzene rings is 1. The quantitative estimate of drug-likeness (QED) is 0.0857. The van der Waals surface area contributed by atoms with Crippen LogP contribution < -0.4 is 26.6 Å². The molecule has 0 aliphatic carbocycles. The average Bonchev–Trinajstić information content (AvgIpc) is 3.03. The Labute approximate surface area is 305 Å². The van der Waals surface area contributed by atoms with Gasteiger partial charge in [-0.1, -0.05) is 72.7 Å². The minimum atomic E-state index is -1.64. The van der Waals surface area contributed by atoms with Crippen LogP contribution in [0.4, 0.5) is 0 Å². The Hall–Kier alpha value is -4.82. The van der Waals surface area contributed by atoms with Crippen molar-refractivity contribution in [2.75, 3.05) is 0 Å². The lowest BCUT2D eigenvalue weighted by Gasteiger charge is -2.33. The van der Waals surface area contributed by atoms with Gasteiger partial charge in [-0.2, -0.15) is 0 Å². The van der Waals surface area contributed by atoms with Crippen LogP contribution in [-0.4, -0.2) is 88.2 Å². The topological polar surface area (TPSA) is 237 Å². The Bertz CT molecular complexity index is 1420. The molecule has 0 radical (unpaired) electrons. The van der Waals surface area contributed by atoms with E-state index in [0.29, 0.717) is 30.6 Å². The molecule has 1 aromatic rings. The summed E-state index contributed by atoms with van der Waals surface area (Å²) in [6.07, 6.45) is 0.0799. The Morgan fingerprint density at radius 2 is 1.27 bits per heavy atom. The number of rotatable bonds is 22. The summed E-state index contributed by atoms with van der Waals surface area (Å²) in [6, 6.07) is 1.06. The molecule has 0 heterocycles. The van der Waals surface area contributed by atoms with Crippen LogP contribution in [0.5, 0.6) is 0 Å². The third kappa shape index (κ3) is 16.9. The van der Waals surface area contributed by atoms with E-state index in [1.54, 1.807) is 52.0 Å². The summed E-state index contributed by atoms with van der Waals surface area (Å²) in [4.78, 5) is 101. The van der Waals surface area contributed by atoms with Crippen molar-refractivity contribution in [3.8, 4) is 0 Å². The lowest BCUT2D eigenvalue weighted by molar-refractivity contribution is -0.142. The molecule has 52 heavy (non-hydrogen) atoms. The zero-order chi connectivity index (χ0) is 39.8. The fourth-order valence-corrected chi connectivity index (χ4v) is 5.26. The van der Waals surface area contributed by atoms with Gasteiger partial charge in [0.15, 0.2) is 0 Å². The molecule has 0 aliphatic heterocycles. The molecular weight excluding hydrogens is 674 g/mol. The maximum atomic E-state index is 14.0. The van der Waals surface area contributed by atoms with E-state index in [1.807, 2.05) is 27.7 Å². The molecule has 5 amide bonds. The van der Waals surface area contributed by atoms with Gasteiger partial charge in [-0.05, 0) is 54.6 Å². The standard InChI is InChI=1S/C37H57N5O10/c1-21(2)13-14-25(20-43)38-33(49)26(17-22(3)4)41-36(52)32(37(6,7)8)42-35(51)27(18-24-12-10-9-11-23(24)5)40-34(50)28(19-31(47)48)39-29(44)15-16-30(45)46/h9-12,20-22,25-28,32H,13-19H2,1-8H3,(H,38,49)(H,39,44)(H,40,50)(H,41,52)(H,42,51)(H,45,46)(H,47,48)/t25?,26-,27-,28-,32+/m0/s1. The summed E-state index contributed by atoms with van der Waals surface area (Å²) < 4.78 is 0. The Morgan fingerprint density at radius 1 is 0.692 bits per heavy atom. The smallest absolute Gasteiger partial charge is 0.305 e. The molecule has 0 aliphatic rings. The van der Waals surface area contributed by atoms with Crippen LogP contribution in [-0.2, 0) is 44.8 Å². The van der Waals surface area contributed by atoms with Crippen molar-refractivity contribution in [1.29, 1.82) is 0 Å². The monoisotopic (exact) mass is 731 g/mol. The number of carboxylic acid groups (broad SMARTS) is 2. The predicted molar refractivity (Wildman–Crippen MR) is 193 cm³/mol. The molecule has 15 heteroatoms. The predicted octanol–water partition coefficient (Wildman–Crippen LogP) is 2.03. The largest absolute Gasteiger partial charge is 0.481 e. The maximum absolute atomic E-state index is 14.0. The molecule has 0 saturated heterocycles. The van der Waals surface area contributed by atoms with Crippen molar-refractivity contribution in [2.24, 2.45) is 17.3 Å². The number of hydrogen-bond donors (Lipinski definition) is 7. The third-order valence-electron chi connectivity index (χ3n) is 8.22. The zero-order valence-electron chi connectivity index (χ0n) is 31.5. The molecular formula is C37H57N5O10. The number of carboxylic acids is 2. The molecule has 1 rings (SSSR count). The van der Waals surface area contributed by atoms with Crippen LogP contribution in [0.1, 0.15) is 98.1 Å². The summed E-state index contributed by atoms with van der Waals surface area (Å²) in [5, 5.41) is 31.3. The van der Waals surface area contributed by atoms with Gasteiger partial charge in [-0.25, -0.2) is 0 Å². The summed E-state index contributed by atoms with van der Waals surface area (Å²) >= 11 is 0.